The molecule has 0 aromatic heterocycles. The van der Waals surface area contributed by atoms with Gasteiger partial charge in [-0.1, -0.05) is 22.0 Å². The number of halogens is 1. The first kappa shape index (κ1) is 12.9. The van der Waals surface area contributed by atoms with Crippen molar-refractivity contribution >= 4 is 27.2 Å². The van der Waals surface area contributed by atoms with Gasteiger partial charge in [-0.05, 0) is 42.3 Å². The molecule has 3 atom stereocenters. The second kappa shape index (κ2) is 4.58. The Morgan fingerprint density at radius 3 is 3.10 bits per heavy atom. The summed E-state index contributed by atoms with van der Waals surface area (Å²) in [5.41, 5.74) is 5.57. The minimum atomic E-state index is 0.235. The molecule has 20 heavy (non-hydrogen) atoms. The van der Waals surface area contributed by atoms with E-state index in [1.165, 1.54) is 28.8 Å². The van der Waals surface area contributed by atoms with Gasteiger partial charge in [0, 0.05) is 41.1 Å². The van der Waals surface area contributed by atoms with Gasteiger partial charge in [-0.15, -0.1) is 0 Å². The largest absolute Gasteiger partial charge is 0.396 e. The maximum atomic E-state index is 9.53. The monoisotopic (exact) mass is 334 g/mol. The Bertz CT molecular complexity index is 598. The number of nitrogens with zero attached hydrogens (tertiary/aromatic N) is 1. The summed E-state index contributed by atoms with van der Waals surface area (Å²) in [6, 6.07) is 4.94. The number of hydrogen-bond acceptors (Lipinski definition) is 3. The molecule has 4 heteroatoms. The van der Waals surface area contributed by atoms with Gasteiger partial charge in [0.05, 0.1) is 6.61 Å². The zero-order valence-corrected chi connectivity index (χ0v) is 13.2. The van der Waals surface area contributed by atoms with E-state index in [-0.39, 0.29) is 12.5 Å². The zero-order valence-electron chi connectivity index (χ0n) is 11.6. The van der Waals surface area contributed by atoms with Crippen molar-refractivity contribution in [3.05, 3.63) is 33.8 Å². The second-order valence-electron chi connectivity index (χ2n) is 6.25. The van der Waals surface area contributed by atoms with E-state index in [0.29, 0.717) is 12.0 Å². The van der Waals surface area contributed by atoms with E-state index < -0.39 is 0 Å². The first-order chi connectivity index (χ1) is 9.67. The van der Waals surface area contributed by atoms with Crippen molar-refractivity contribution in [1.29, 1.82) is 0 Å². The molecule has 106 valence electrons. The lowest BCUT2D eigenvalue weighted by Gasteiger charge is -2.42. The summed E-state index contributed by atoms with van der Waals surface area (Å²) in [6.45, 7) is 2.25. The molecule has 2 N–H and O–H groups in total. The van der Waals surface area contributed by atoms with Crippen molar-refractivity contribution in [3.8, 4) is 0 Å². The molecular weight excluding hydrogens is 316 g/mol. The number of aliphatic hydroxyl groups is 1. The van der Waals surface area contributed by atoms with E-state index in [1.807, 2.05) is 0 Å². The molecule has 3 nitrogen and oxygen atoms in total. The SMILES string of the molecule is CN1C[C@H](CO)C=C2c3cc(Br)cc4c3C(CN4)C[C@H]21. The molecular formula is C16H19BrN2O. The first-order valence-electron chi connectivity index (χ1n) is 7.28. The number of benzene rings is 1. The maximum absolute atomic E-state index is 9.53. The van der Waals surface area contributed by atoms with Gasteiger partial charge < -0.3 is 10.4 Å². The van der Waals surface area contributed by atoms with Gasteiger partial charge >= 0.3 is 0 Å². The van der Waals surface area contributed by atoms with Crippen molar-refractivity contribution in [2.75, 3.05) is 32.1 Å². The fourth-order valence-electron chi connectivity index (χ4n) is 4.09. The zero-order chi connectivity index (χ0) is 13.9. The van der Waals surface area contributed by atoms with Crippen LogP contribution in [0.3, 0.4) is 0 Å². The van der Waals surface area contributed by atoms with Gasteiger partial charge in [0.1, 0.15) is 0 Å². The molecule has 1 aliphatic carbocycles. The topological polar surface area (TPSA) is 35.5 Å². The van der Waals surface area contributed by atoms with Crippen LogP contribution in [0.4, 0.5) is 5.69 Å². The Morgan fingerprint density at radius 1 is 1.45 bits per heavy atom. The molecule has 0 bridgehead atoms. The molecule has 1 aromatic rings. The van der Waals surface area contributed by atoms with Crippen LogP contribution in [0, 0.1) is 5.92 Å². The van der Waals surface area contributed by atoms with E-state index in [2.05, 4.69) is 51.4 Å². The summed E-state index contributed by atoms with van der Waals surface area (Å²) in [4.78, 5) is 2.41. The first-order valence-corrected chi connectivity index (χ1v) is 8.07. The van der Waals surface area contributed by atoms with Crippen LogP contribution in [0.1, 0.15) is 23.5 Å². The minimum Gasteiger partial charge on any atom is -0.396 e. The van der Waals surface area contributed by atoms with Crippen LogP contribution >= 0.6 is 15.9 Å². The summed E-state index contributed by atoms with van der Waals surface area (Å²) in [5.74, 6) is 0.884. The molecule has 0 amide bonds. The van der Waals surface area contributed by atoms with Crippen molar-refractivity contribution < 1.29 is 5.11 Å². The number of likely N-dealkylation sites (N-methyl/N-ethyl adjacent to an activating group) is 1. The molecule has 2 aliphatic heterocycles. The van der Waals surface area contributed by atoms with Crippen LogP contribution in [-0.2, 0) is 0 Å². The van der Waals surface area contributed by atoms with Crippen molar-refractivity contribution in [2.24, 2.45) is 5.92 Å². The average molecular weight is 335 g/mol. The van der Waals surface area contributed by atoms with Gasteiger partial charge in [-0.25, -0.2) is 0 Å². The fourth-order valence-corrected chi connectivity index (χ4v) is 4.55. The summed E-state index contributed by atoms with van der Waals surface area (Å²) in [7, 11) is 2.19. The molecule has 3 aliphatic rings. The normalized spacial score (nSPS) is 31.4. The number of hydrogen-bond donors (Lipinski definition) is 2. The fraction of sp³-hybridized carbons (Fsp3) is 0.500. The quantitative estimate of drug-likeness (QED) is 0.828. The third kappa shape index (κ3) is 1.78. The Balaban J connectivity index is 1.91. The van der Waals surface area contributed by atoms with Crippen molar-refractivity contribution in [1.82, 2.24) is 4.90 Å². The molecule has 0 fully saturated rings. The lowest BCUT2D eigenvalue weighted by Crippen LogP contribution is -2.43. The Hall–Kier alpha value is -0.840. The Morgan fingerprint density at radius 2 is 2.30 bits per heavy atom. The summed E-state index contributed by atoms with van der Waals surface area (Å²) < 4.78 is 1.13. The third-order valence-electron chi connectivity index (χ3n) is 4.97. The van der Waals surface area contributed by atoms with Crippen LogP contribution in [-0.4, -0.2) is 42.8 Å². The van der Waals surface area contributed by atoms with E-state index >= 15 is 0 Å². The molecule has 0 radical (unpaired) electrons. The predicted molar refractivity (Wildman–Crippen MR) is 85.0 cm³/mol. The highest BCUT2D eigenvalue weighted by Gasteiger charge is 2.39. The molecule has 4 rings (SSSR count). The molecule has 0 saturated carbocycles. The molecule has 0 spiro atoms. The maximum Gasteiger partial charge on any atom is 0.0506 e. The predicted octanol–water partition coefficient (Wildman–Crippen LogP) is 2.67. The molecule has 0 saturated heterocycles. The van der Waals surface area contributed by atoms with Crippen LogP contribution < -0.4 is 5.32 Å². The highest BCUT2D eigenvalue weighted by Crippen LogP contribution is 2.49. The smallest absolute Gasteiger partial charge is 0.0506 e. The average Bonchev–Trinajstić information content (AvgIpc) is 2.83. The lowest BCUT2D eigenvalue weighted by molar-refractivity contribution is 0.174. The summed E-state index contributed by atoms with van der Waals surface area (Å²) in [5, 5.41) is 13.1. The van der Waals surface area contributed by atoms with Crippen LogP contribution in [0.5, 0.6) is 0 Å². The Labute approximate surface area is 127 Å². The van der Waals surface area contributed by atoms with Crippen molar-refractivity contribution in [3.63, 3.8) is 0 Å². The highest BCUT2D eigenvalue weighted by molar-refractivity contribution is 9.10. The van der Waals surface area contributed by atoms with Crippen LogP contribution in [0.25, 0.3) is 5.57 Å². The van der Waals surface area contributed by atoms with E-state index in [9.17, 15) is 5.11 Å². The summed E-state index contributed by atoms with van der Waals surface area (Å²) >= 11 is 3.63. The van der Waals surface area contributed by atoms with Crippen molar-refractivity contribution in [2.45, 2.75) is 18.4 Å². The number of rotatable bonds is 1. The highest BCUT2D eigenvalue weighted by atomic mass is 79.9. The van der Waals surface area contributed by atoms with Crippen LogP contribution in [0.15, 0.2) is 22.7 Å². The Kier molecular flexibility index (Phi) is 2.95. The van der Waals surface area contributed by atoms with Crippen LogP contribution in [0.2, 0.25) is 0 Å². The van der Waals surface area contributed by atoms with Gasteiger partial charge in [0.2, 0.25) is 0 Å². The van der Waals surface area contributed by atoms with E-state index in [4.69, 9.17) is 0 Å². The third-order valence-corrected chi connectivity index (χ3v) is 5.43. The van der Waals surface area contributed by atoms with Gasteiger partial charge in [-0.3, -0.25) is 4.90 Å². The number of aliphatic hydroxyl groups excluding tert-OH is 1. The minimum absolute atomic E-state index is 0.235. The summed E-state index contributed by atoms with van der Waals surface area (Å²) in [6.07, 6.45) is 3.50. The van der Waals surface area contributed by atoms with Gasteiger partial charge in [0.25, 0.3) is 0 Å². The van der Waals surface area contributed by atoms with E-state index in [1.54, 1.807) is 0 Å². The van der Waals surface area contributed by atoms with Gasteiger partial charge in [0.15, 0.2) is 0 Å². The standard InChI is InChI=1S/C16H19BrN2O/c1-19-7-9(8-20)2-12-13-4-11(17)5-14-16(13)10(6-18-14)3-15(12)19/h2,4-5,9-10,15,18,20H,3,6-8H2,1H3/t9-,10?,15-/m1/s1. The molecule has 1 unspecified atom stereocenters. The van der Waals surface area contributed by atoms with Gasteiger partial charge in [-0.2, -0.15) is 0 Å². The lowest BCUT2D eigenvalue weighted by atomic mass is 9.75. The van der Waals surface area contributed by atoms with E-state index in [0.717, 1.165) is 17.6 Å². The second-order valence-corrected chi connectivity index (χ2v) is 7.16. The molecule has 1 aromatic carbocycles. The number of anilines is 1. The number of nitrogens with one attached hydrogen (secondary N) is 1. The number of fused-ring (bicyclic) bond motifs is 2. The molecule has 2 heterocycles.